The first-order chi connectivity index (χ1) is 8.63. The molecule has 0 spiro atoms. The minimum atomic E-state index is -0.438. The maximum atomic E-state index is 11.5. The normalized spacial score (nSPS) is 10.0. The van der Waals surface area contributed by atoms with Crippen LogP contribution in [0.4, 0.5) is 0 Å². The molecule has 0 aliphatic heterocycles. The van der Waals surface area contributed by atoms with Gasteiger partial charge in [0.15, 0.2) is 11.5 Å². The van der Waals surface area contributed by atoms with E-state index >= 15 is 0 Å². The molecule has 0 saturated carbocycles. The summed E-state index contributed by atoms with van der Waals surface area (Å²) in [7, 11) is 2.84. The van der Waals surface area contributed by atoms with Gasteiger partial charge in [0, 0.05) is 10.4 Å². The van der Waals surface area contributed by atoms with Gasteiger partial charge in [-0.1, -0.05) is 0 Å². The second-order valence-corrected chi connectivity index (χ2v) is 4.60. The second-order valence-electron chi connectivity index (χ2n) is 3.37. The van der Waals surface area contributed by atoms with Gasteiger partial charge in [0.05, 0.1) is 26.4 Å². The Bertz CT molecular complexity index is 423. The van der Waals surface area contributed by atoms with Crippen molar-refractivity contribution in [3.63, 3.8) is 0 Å². The zero-order chi connectivity index (χ0) is 13.5. The Kier molecular flexibility index (Phi) is 6.29. The third-order valence-electron chi connectivity index (χ3n) is 2.19. The Labute approximate surface area is 119 Å². The van der Waals surface area contributed by atoms with Gasteiger partial charge in [-0.05, 0) is 34.5 Å². The molecule has 0 aliphatic carbocycles. The average molecular weight is 338 g/mol. The number of hydrogen-bond acceptors (Lipinski definition) is 4. The topological polar surface area (TPSA) is 44.8 Å². The van der Waals surface area contributed by atoms with Crippen LogP contribution >= 0.6 is 27.5 Å². The fourth-order valence-electron chi connectivity index (χ4n) is 1.31. The van der Waals surface area contributed by atoms with Crippen LogP contribution in [0.1, 0.15) is 16.8 Å². The lowest BCUT2D eigenvalue weighted by Gasteiger charge is -2.12. The maximum absolute atomic E-state index is 11.5. The van der Waals surface area contributed by atoms with E-state index < -0.39 is 5.97 Å². The summed E-state index contributed by atoms with van der Waals surface area (Å²) in [4.78, 5) is 11.5. The van der Waals surface area contributed by atoms with Gasteiger partial charge < -0.3 is 14.2 Å². The van der Waals surface area contributed by atoms with Gasteiger partial charge in [-0.2, -0.15) is 0 Å². The van der Waals surface area contributed by atoms with Crippen molar-refractivity contribution in [2.24, 2.45) is 0 Å². The second kappa shape index (κ2) is 7.48. The van der Waals surface area contributed by atoms with E-state index in [1.165, 1.54) is 14.2 Å². The van der Waals surface area contributed by atoms with E-state index in [0.29, 0.717) is 34.0 Å². The molecule has 0 heterocycles. The fraction of sp³-hybridized carbons (Fsp3) is 0.417. The molecule has 18 heavy (non-hydrogen) atoms. The number of carbonyl (C=O) groups excluding carboxylic acids is 1. The predicted molar refractivity (Wildman–Crippen MR) is 72.9 cm³/mol. The molecule has 0 N–H and O–H groups in total. The molecular formula is C12H14BrClO4. The summed E-state index contributed by atoms with van der Waals surface area (Å²) in [6.07, 6.45) is 0.737. The van der Waals surface area contributed by atoms with E-state index in [9.17, 15) is 4.79 Å². The number of ether oxygens (including phenoxy) is 3. The summed E-state index contributed by atoms with van der Waals surface area (Å²) in [5, 5.41) is 0. The molecule has 1 aromatic carbocycles. The summed E-state index contributed by atoms with van der Waals surface area (Å²) in [6, 6.07) is 3.26. The SMILES string of the molecule is COC(=O)c1cc(OC)c(OCCCCl)cc1Br. The van der Waals surface area contributed by atoms with Crippen LogP contribution < -0.4 is 9.47 Å². The Morgan fingerprint density at radius 3 is 2.61 bits per heavy atom. The van der Waals surface area contributed by atoms with Crippen molar-refractivity contribution >= 4 is 33.5 Å². The number of esters is 1. The molecule has 0 saturated heterocycles. The number of methoxy groups -OCH3 is 2. The van der Waals surface area contributed by atoms with Gasteiger partial charge in [-0.15, -0.1) is 11.6 Å². The van der Waals surface area contributed by atoms with E-state index in [1.807, 2.05) is 0 Å². The van der Waals surface area contributed by atoms with Gasteiger partial charge in [0.2, 0.25) is 0 Å². The molecule has 0 fully saturated rings. The van der Waals surface area contributed by atoms with E-state index in [0.717, 1.165) is 6.42 Å². The number of benzene rings is 1. The van der Waals surface area contributed by atoms with Crippen molar-refractivity contribution in [1.82, 2.24) is 0 Å². The van der Waals surface area contributed by atoms with Crippen LogP contribution in [-0.4, -0.2) is 32.7 Å². The van der Waals surface area contributed by atoms with Gasteiger partial charge in [0.25, 0.3) is 0 Å². The molecule has 0 bridgehead atoms. The van der Waals surface area contributed by atoms with Crippen LogP contribution in [0.2, 0.25) is 0 Å². The lowest BCUT2D eigenvalue weighted by atomic mass is 10.2. The number of alkyl halides is 1. The quantitative estimate of drug-likeness (QED) is 0.454. The van der Waals surface area contributed by atoms with Gasteiger partial charge >= 0.3 is 5.97 Å². The molecule has 1 aromatic rings. The van der Waals surface area contributed by atoms with Crippen LogP contribution in [0.25, 0.3) is 0 Å². The Balaban J connectivity index is 2.99. The van der Waals surface area contributed by atoms with Crippen molar-refractivity contribution in [2.75, 3.05) is 26.7 Å². The van der Waals surface area contributed by atoms with Gasteiger partial charge in [-0.3, -0.25) is 0 Å². The largest absolute Gasteiger partial charge is 0.493 e. The molecule has 0 radical (unpaired) electrons. The molecular weight excluding hydrogens is 323 g/mol. The predicted octanol–water partition coefficient (Wildman–Crippen LogP) is 3.25. The van der Waals surface area contributed by atoms with E-state index in [-0.39, 0.29) is 0 Å². The number of hydrogen-bond donors (Lipinski definition) is 0. The van der Waals surface area contributed by atoms with Crippen LogP contribution in [0, 0.1) is 0 Å². The minimum Gasteiger partial charge on any atom is -0.493 e. The van der Waals surface area contributed by atoms with Crippen LogP contribution in [0.15, 0.2) is 16.6 Å². The molecule has 4 nitrogen and oxygen atoms in total. The first-order valence-corrected chi connectivity index (χ1v) is 6.61. The summed E-state index contributed by atoms with van der Waals surface area (Å²) >= 11 is 8.88. The molecule has 6 heteroatoms. The van der Waals surface area contributed by atoms with Crippen molar-refractivity contribution in [3.8, 4) is 11.5 Å². The molecule has 1 rings (SSSR count). The molecule has 0 amide bonds. The highest BCUT2D eigenvalue weighted by Crippen LogP contribution is 2.34. The average Bonchev–Trinajstić information content (AvgIpc) is 2.38. The summed E-state index contributed by atoms with van der Waals surface area (Å²) in [5.74, 6) is 1.13. The fourth-order valence-corrected chi connectivity index (χ4v) is 1.90. The molecule has 0 aliphatic rings. The lowest BCUT2D eigenvalue weighted by molar-refractivity contribution is 0.0599. The van der Waals surface area contributed by atoms with Crippen molar-refractivity contribution < 1.29 is 19.0 Å². The maximum Gasteiger partial charge on any atom is 0.339 e. The summed E-state index contributed by atoms with van der Waals surface area (Å²) < 4.78 is 16.0. The van der Waals surface area contributed by atoms with Gasteiger partial charge in [-0.25, -0.2) is 4.79 Å². The van der Waals surface area contributed by atoms with E-state index in [4.69, 9.17) is 21.1 Å². The highest BCUT2D eigenvalue weighted by molar-refractivity contribution is 9.10. The van der Waals surface area contributed by atoms with Crippen LogP contribution in [-0.2, 0) is 4.74 Å². The summed E-state index contributed by atoms with van der Waals surface area (Å²) in [6.45, 7) is 0.490. The molecule has 100 valence electrons. The monoisotopic (exact) mass is 336 g/mol. The molecule has 0 aromatic heterocycles. The Hall–Kier alpha value is -0.940. The third kappa shape index (κ3) is 3.78. The zero-order valence-electron chi connectivity index (χ0n) is 10.2. The van der Waals surface area contributed by atoms with Crippen molar-refractivity contribution in [3.05, 3.63) is 22.2 Å². The highest BCUT2D eigenvalue weighted by atomic mass is 79.9. The first kappa shape index (κ1) is 15.1. The Morgan fingerprint density at radius 1 is 1.33 bits per heavy atom. The first-order valence-electron chi connectivity index (χ1n) is 5.28. The number of halogens is 2. The van der Waals surface area contributed by atoms with E-state index in [1.54, 1.807) is 12.1 Å². The van der Waals surface area contributed by atoms with Crippen molar-refractivity contribution in [2.45, 2.75) is 6.42 Å². The number of carbonyl (C=O) groups is 1. The zero-order valence-corrected chi connectivity index (χ0v) is 12.5. The molecule has 0 unspecified atom stereocenters. The Morgan fingerprint density at radius 2 is 2.06 bits per heavy atom. The highest BCUT2D eigenvalue weighted by Gasteiger charge is 2.16. The van der Waals surface area contributed by atoms with Crippen LogP contribution in [0.5, 0.6) is 11.5 Å². The standard InChI is InChI=1S/C12H14BrClO4/c1-16-10-6-8(12(15)17-2)9(13)7-11(10)18-5-3-4-14/h6-7H,3-5H2,1-2H3. The molecule has 0 atom stereocenters. The summed E-state index contributed by atoms with van der Waals surface area (Å²) in [5.41, 5.74) is 0.388. The van der Waals surface area contributed by atoms with Crippen molar-refractivity contribution in [1.29, 1.82) is 0 Å². The van der Waals surface area contributed by atoms with E-state index in [2.05, 4.69) is 20.7 Å². The van der Waals surface area contributed by atoms with Gasteiger partial charge in [0.1, 0.15) is 0 Å². The smallest absolute Gasteiger partial charge is 0.339 e. The lowest BCUT2D eigenvalue weighted by Crippen LogP contribution is -2.05. The minimum absolute atomic E-state index is 0.388. The third-order valence-corrected chi connectivity index (χ3v) is 3.12. The number of rotatable bonds is 6. The van der Waals surface area contributed by atoms with Crippen LogP contribution in [0.3, 0.4) is 0 Å².